The van der Waals surface area contributed by atoms with Gasteiger partial charge in [0.15, 0.2) is 5.96 Å². The third-order valence-electron chi connectivity index (χ3n) is 4.82. The lowest BCUT2D eigenvalue weighted by molar-refractivity contribution is 0.265. The number of hydrogen-bond acceptors (Lipinski definition) is 3. The molecule has 0 amide bonds. The van der Waals surface area contributed by atoms with Gasteiger partial charge in [-0.2, -0.15) is 11.8 Å². The van der Waals surface area contributed by atoms with Crippen molar-refractivity contribution in [2.75, 3.05) is 38.2 Å². The van der Waals surface area contributed by atoms with Crippen molar-refractivity contribution in [1.82, 2.24) is 15.5 Å². The fourth-order valence-electron chi connectivity index (χ4n) is 3.18. The Bertz CT molecular complexity index is 339. The Morgan fingerprint density at radius 3 is 2.57 bits per heavy atom. The van der Waals surface area contributed by atoms with Gasteiger partial charge < -0.3 is 10.6 Å². The number of thioether (sulfide) groups is 1. The van der Waals surface area contributed by atoms with E-state index in [-0.39, 0.29) is 0 Å². The van der Waals surface area contributed by atoms with Crippen molar-refractivity contribution < 1.29 is 0 Å². The Kier molecular flexibility index (Phi) is 6.68. The predicted molar refractivity (Wildman–Crippen MR) is 94.2 cm³/mol. The summed E-state index contributed by atoms with van der Waals surface area (Å²) >= 11 is 2.09. The normalized spacial score (nSPS) is 29.1. The molecule has 2 heterocycles. The van der Waals surface area contributed by atoms with Gasteiger partial charge in [-0.3, -0.25) is 9.89 Å². The molecule has 2 fully saturated rings. The highest BCUT2D eigenvalue weighted by Crippen LogP contribution is 2.22. The lowest BCUT2D eigenvalue weighted by Gasteiger charge is -2.25. The van der Waals surface area contributed by atoms with Crippen LogP contribution in [-0.4, -0.2) is 61.1 Å². The van der Waals surface area contributed by atoms with Crippen molar-refractivity contribution in [3.8, 4) is 0 Å². The maximum atomic E-state index is 4.41. The average molecular weight is 313 g/mol. The van der Waals surface area contributed by atoms with Crippen LogP contribution in [-0.2, 0) is 0 Å². The molecule has 0 aliphatic carbocycles. The summed E-state index contributed by atoms with van der Waals surface area (Å²) in [7, 11) is 1.88. The van der Waals surface area contributed by atoms with E-state index >= 15 is 0 Å². The molecule has 21 heavy (non-hydrogen) atoms. The van der Waals surface area contributed by atoms with Gasteiger partial charge in [0.1, 0.15) is 0 Å². The average Bonchev–Trinajstić information content (AvgIpc) is 2.86. The molecule has 2 atom stereocenters. The third kappa shape index (κ3) is 5.06. The fraction of sp³-hybridized carbons (Fsp3) is 0.938. The third-order valence-corrected chi connectivity index (χ3v) is 5.86. The first-order valence-corrected chi connectivity index (χ1v) is 9.54. The zero-order chi connectivity index (χ0) is 15.2. The monoisotopic (exact) mass is 312 g/mol. The summed E-state index contributed by atoms with van der Waals surface area (Å²) in [5, 5.41) is 7.17. The molecule has 5 heteroatoms. The quantitative estimate of drug-likeness (QED) is 0.615. The van der Waals surface area contributed by atoms with Crippen LogP contribution in [0.4, 0.5) is 0 Å². The minimum Gasteiger partial charge on any atom is -0.356 e. The maximum Gasteiger partial charge on any atom is 0.191 e. The second-order valence-corrected chi connectivity index (χ2v) is 8.01. The molecule has 0 aromatic rings. The Balaban J connectivity index is 1.77. The first-order valence-electron chi connectivity index (χ1n) is 8.39. The molecule has 0 spiro atoms. The van der Waals surface area contributed by atoms with Crippen LogP contribution in [0.1, 0.15) is 33.6 Å². The summed E-state index contributed by atoms with van der Waals surface area (Å²) < 4.78 is 0. The van der Waals surface area contributed by atoms with Crippen molar-refractivity contribution in [3.05, 3.63) is 0 Å². The van der Waals surface area contributed by atoms with E-state index in [9.17, 15) is 0 Å². The van der Waals surface area contributed by atoms with E-state index in [4.69, 9.17) is 0 Å². The summed E-state index contributed by atoms with van der Waals surface area (Å²) in [6, 6.07) is 1.15. The Morgan fingerprint density at radius 1 is 1.29 bits per heavy atom. The van der Waals surface area contributed by atoms with Gasteiger partial charge in [-0.1, -0.05) is 6.92 Å². The van der Waals surface area contributed by atoms with Crippen LogP contribution in [0.3, 0.4) is 0 Å². The number of likely N-dealkylation sites (tertiary alicyclic amines) is 1. The molecule has 2 unspecified atom stereocenters. The minimum atomic E-state index is 0.514. The second kappa shape index (κ2) is 8.28. The molecule has 0 aromatic heterocycles. The van der Waals surface area contributed by atoms with Gasteiger partial charge >= 0.3 is 0 Å². The predicted octanol–water partition coefficient (Wildman–Crippen LogP) is 2.02. The number of nitrogens with zero attached hydrogens (tertiary/aromatic N) is 2. The van der Waals surface area contributed by atoms with Gasteiger partial charge in [0, 0.05) is 38.8 Å². The molecule has 2 aliphatic heterocycles. The molecule has 0 saturated carbocycles. The first-order chi connectivity index (χ1) is 10.1. The minimum absolute atomic E-state index is 0.514. The van der Waals surface area contributed by atoms with E-state index in [1.165, 1.54) is 30.9 Å². The van der Waals surface area contributed by atoms with Crippen molar-refractivity contribution in [1.29, 1.82) is 0 Å². The van der Waals surface area contributed by atoms with E-state index in [1.807, 2.05) is 7.05 Å². The van der Waals surface area contributed by atoms with Crippen molar-refractivity contribution in [2.45, 2.75) is 45.7 Å². The highest BCUT2D eigenvalue weighted by atomic mass is 32.2. The number of aliphatic imine (C=N–C) groups is 1. The number of rotatable bonds is 4. The standard InChI is InChI=1S/C16H32N4S/c1-12(2)20-10-13(3)15(11-20)19-16(17-4)18-9-14-5-7-21-8-6-14/h12-15H,5-11H2,1-4H3,(H2,17,18,19). The van der Waals surface area contributed by atoms with Gasteiger partial charge in [-0.05, 0) is 50.0 Å². The summed E-state index contributed by atoms with van der Waals surface area (Å²) in [4.78, 5) is 6.96. The number of nitrogens with one attached hydrogen (secondary N) is 2. The van der Waals surface area contributed by atoms with Crippen LogP contribution in [0.5, 0.6) is 0 Å². The van der Waals surface area contributed by atoms with Crippen molar-refractivity contribution in [3.63, 3.8) is 0 Å². The van der Waals surface area contributed by atoms with Gasteiger partial charge in [-0.25, -0.2) is 0 Å². The molecule has 4 nitrogen and oxygen atoms in total. The molecule has 2 aliphatic rings. The molecule has 0 aromatic carbocycles. The molecular formula is C16H32N4S. The number of hydrogen-bond donors (Lipinski definition) is 2. The lowest BCUT2D eigenvalue weighted by Crippen LogP contribution is -2.48. The van der Waals surface area contributed by atoms with E-state index in [2.05, 4.69) is 53.1 Å². The second-order valence-electron chi connectivity index (χ2n) is 6.78. The molecule has 2 N–H and O–H groups in total. The van der Waals surface area contributed by atoms with Gasteiger partial charge in [0.2, 0.25) is 0 Å². The summed E-state index contributed by atoms with van der Waals surface area (Å²) in [5.41, 5.74) is 0. The van der Waals surface area contributed by atoms with Crippen LogP contribution >= 0.6 is 11.8 Å². The molecule has 0 bridgehead atoms. The fourth-order valence-corrected chi connectivity index (χ4v) is 4.38. The van der Waals surface area contributed by atoms with E-state index in [0.29, 0.717) is 18.0 Å². The smallest absolute Gasteiger partial charge is 0.191 e. The SMILES string of the molecule is CN=C(NCC1CCSCC1)NC1CN(C(C)C)CC1C. The maximum absolute atomic E-state index is 4.41. The van der Waals surface area contributed by atoms with Crippen molar-refractivity contribution >= 4 is 17.7 Å². The highest BCUT2D eigenvalue weighted by Gasteiger charge is 2.31. The topological polar surface area (TPSA) is 39.7 Å². The molecule has 2 rings (SSSR count). The summed E-state index contributed by atoms with van der Waals surface area (Å²) in [6.45, 7) is 10.3. The van der Waals surface area contributed by atoms with E-state index in [0.717, 1.165) is 25.0 Å². The van der Waals surface area contributed by atoms with Crippen LogP contribution in [0.15, 0.2) is 4.99 Å². The molecular weight excluding hydrogens is 280 g/mol. The molecule has 122 valence electrons. The largest absolute Gasteiger partial charge is 0.356 e. The number of guanidine groups is 1. The van der Waals surface area contributed by atoms with Gasteiger partial charge in [-0.15, -0.1) is 0 Å². The molecule has 2 saturated heterocycles. The lowest BCUT2D eigenvalue weighted by atomic mass is 10.0. The van der Waals surface area contributed by atoms with Gasteiger partial charge in [0.25, 0.3) is 0 Å². The van der Waals surface area contributed by atoms with Crippen LogP contribution in [0, 0.1) is 11.8 Å². The zero-order valence-electron chi connectivity index (χ0n) is 14.1. The first kappa shape index (κ1) is 16.9. The molecule has 0 radical (unpaired) electrons. The highest BCUT2D eigenvalue weighted by molar-refractivity contribution is 7.99. The Hall–Kier alpha value is -0.420. The zero-order valence-corrected chi connectivity index (χ0v) is 14.9. The summed E-state index contributed by atoms with van der Waals surface area (Å²) in [6.07, 6.45) is 2.69. The van der Waals surface area contributed by atoms with E-state index < -0.39 is 0 Å². The Labute approximate surface area is 134 Å². The van der Waals surface area contributed by atoms with Gasteiger partial charge in [0.05, 0.1) is 0 Å². The summed E-state index contributed by atoms with van der Waals surface area (Å²) in [5.74, 6) is 5.12. The van der Waals surface area contributed by atoms with Crippen LogP contribution in [0.2, 0.25) is 0 Å². The van der Waals surface area contributed by atoms with E-state index in [1.54, 1.807) is 0 Å². The van der Waals surface area contributed by atoms with Crippen LogP contribution < -0.4 is 10.6 Å². The van der Waals surface area contributed by atoms with Crippen LogP contribution in [0.25, 0.3) is 0 Å². The van der Waals surface area contributed by atoms with Crippen molar-refractivity contribution in [2.24, 2.45) is 16.8 Å². The Morgan fingerprint density at radius 2 is 2.00 bits per heavy atom.